The van der Waals surface area contributed by atoms with Gasteiger partial charge in [-0.1, -0.05) is 19.1 Å². The van der Waals surface area contributed by atoms with Crippen molar-refractivity contribution in [3.8, 4) is 5.75 Å². The minimum atomic E-state index is -0.188. The fourth-order valence-corrected chi connectivity index (χ4v) is 2.42. The number of ether oxygens (including phenoxy) is 1. The zero-order valence-electron chi connectivity index (χ0n) is 13.2. The lowest BCUT2D eigenvalue weighted by molar-refractivity contribution is -0.118. The zero-order valence-corrected chi connectivity index (χ0v) is 13.2. The zero-order chi connectivity index (χ0) is 16.2. The SMILES string of the molecule is CCc1ccc(OCC(=O)Nc2ccc3nccn3c2C)cc1. The van der Waals surface area contributed by atoms with E-state index in [1.807, 2.05) is 53.9 Å². The van der Waals surface area contributed by atoms with Gasteiger partial charge in [0, 0.05) is 18.1 Å². The molecule has 0 aliphatic heterocycles. The number of carbonyl (C=O) groups is 1. The van der Waals surface area contributed by atoms with Gasteiger partial charge in [0.2, 0.25) is 0 Å². The van der Waals surface area contributed by atoms with Gasteiger partial charge < -0.3 is 14.5 Å². The van der Waals surface area contributed by atoms with Crippen LogP contribution in [0.25, 0.3) is 5.65 Å². The van der Waals surface area contributed by atoms with Crippen molar-refractivity contribution in [3.63, 3.8) is 0 Å². The number of rotatable bonds is 5. The number of imidazole rings is 1. The molecule has 0 fully saturated rings. The Morgan fingerprint density at radius 1 is 1.22 bits per heavy atom. The second-order valence-corrected chi connectivity index (χ2v) is 5.32. The van der Waals surface area contributed by atoms with E-state index in [0.717, 1.165) is 23.4 Å². The van der Waals surface area contributed by atoms with Crippen molar-refractivity contribution in [1.29, 1.82) is 0 Å². The molecule has 0 bridgehead atoms. The average molecular weight is 309 g/mol. The second kappa shape index (κ2) is 6.52. The Morgan fingerprint density at radius 2 is 2.00 bits per heavy atom. The summed E-state index contributed by atoms with van der Waals surface area (Å²) in [4.78, 5) is 16.3. The molecule has 1 N–H and O–H groups in total. The van der Waals surface area contributed by atoms with E-state index in [1.54, 1.807) is 6.20 Å². The molecule has 23 heavy (non-hydrogen) atoms. The van der Waals surface area contributed by atoms with Gasteiger partial charge in [0.05, 0.1) is 5.69 Å². The van der Waals surface area contributed by atoms with Crippen LogP contribution in [0, 0.1) is 6.92 Å². The van der Waals surface area contributed by atoms with Crippen LogP contribution in [0.4, 0.5) is 5.69 Å². The van der Waals surface area contributed by atoms with E-state index in [1.165, 1.54) is 5.56 Å². The van der Waals surface area contributed by atoms with Crippen LogP contribution < -0.4 is 10.1 Å². The molecule has 5 heteroatoms. The molecule has 0 aliphatic rings. The van der Waals surface area contributed by atoms with E-state index in [9.17, 15) is 4.79 Å². The molecule has 0 radical (unpaired) electrons. The first-order valence-corrected chi connectivity index (χ1v) is 7.61. The highest BCUT2D eigenvalue weighted by molar-refractivity contribution is 5.92. The number of nitrogens with one attached hydrogen (secondary N) is 1. The van der Waals surface area contributed by atoms with Crippen molar-refractivity contribution in [3.05, 3.63) is 60.0 Å². The van der Waals surface area contributed by atoms with E-state index in [0.29, 0.717) is 5.75 Å². The summed E-state index contributed by atoms with van der Waals surface area (Å²) in [7, 11) is 0. The summed E-state index contributed by atoms with van der Waals surface area (Å²) in [5.74, 6) is 0.506. The van der Waals surface area contributed by atoms with Gasteiger partial charge in [0.25, 0.3) is 5.91 Å². The number of hydrogen-bond donors (Lipinski definition) is 1. The van der Waals surface area contributed by atoms with Crippen molar-refractivity contribution in [2.75, 3.05) is 11.9 Å². The smallest absolute Gasteiger partial charge is 0.262 e. The van der Waals surface area contributed by atoms with Gasteiger partial charge in [-0.15, -0.1) is 0 Å². The van der Waals surface area contributed by atoms with Crippen molar-refractivity contribution >= 4 is 17.2 Å². The molecule has 1 amide bonds. The maximum absolute atomic E-state index is 12.1. The number of aromatic nitrogens is 2. The summed E-state index contributed by atoms with van der Waals surface area (Å²) in [6, 6.07) is 11.5. The Kier molecular flexibility index (Phi) is 4.28. The van der Waals surface area contributed by atoms with Crippen LogP contribution in [-0.2, 0) is 11.2 Å². The predicted octanol–water partition coefficient (Wildman–Crippen LogP) is 3.22. The molecule has 0 saturated heterocycles. The molecule has 0 aliphatic carbocycles. The molecule has 0 spiro atoms. The van der Waals surface area contributed by atoms with Crippen molar-refractivity contribution in [1.82, 2.24) is 9.38 Å². The maximum atomic E-state index is 12.1. The van der Waals surface area contributed by atoms with Crippen LogP contribution >= 0.6 is 0 Å². The summed E-state index contributed by atoms with van der Waals surface area (Å²) >= 11 is 0. The molecule has 2 aromatic heterocycles. The maximum Gasteiger partial charge on any atom is 0.262 e. The highest BCUT2D eigenvalue weighted by Gasteiger charge is 2.08. The molecule has 1 aromatic carbocycles. The van der Waals surface area contributed by atoms with Gasteiger partial charge in [-0.05, 0) is 43.2 Å². The summed E-state index contributed by atoms with van der Waals surface area (Å²) in [6.07, 6.45) is 4.58. The van der Waals surface area contributed by atoms with Crippen LogP contribution in [0.2, 0.25) is 0 Å². The number of aryl methyl sites for hydroxylation is 2. The lowest BCUT2D eigenvalue weighted by atomic mass is 10.2. The Balaban J connectivity index is 1.62. The van der Waals surface area contributed by atoms with E-state index in [4.69, 9.17) is 4.74 Å². The molecule has 3 rings (SSSR count). The van der Waals surface area contributed by atoms with Crippen LogP contribution in [0.15, 0.2) is 48.8 Å². The van der Waals surface area contributed by atoms with Crippen LogP contribution in [0.5, 0.6) is 5.75 Å². The third-order valence-corrected chi connectivity index (χ3v) is 3.80. The lowest BCUT2D eigenvalue weighted by Crippen LogP contribution is -2.21. The average Bonchev–Trinajstić information content (AvgIpc) is 3.05. The normalized spacial score (nSPS) is 10.7. The first-order chi connectivity index (χ1) is 11.2. The molecule has 3 aromatic rings. The quantitative estimate of drug-likeness (QED) is 0.787. The molecular formula is C18H19N3O2. The van der Waals surface area contributed by atoms with Gasteiger partial charge in [0.15, 0.2) is 6.61 Å². The molecule has 5 nitrogen and oxygen atoms in total. The van der Waals surface area contributed by atoms with Crippen molar-refractivity contribution in [2.45, 2.75) is 20.3 Å². The van der Waals surface area contributed by atoms with Gasteiger partial charge in [-0.2, -0.15) is 0 Å². The number of pyridine rings is 1. The molecule has 2 heterocycles. The summed E-state index contributed by atoms with van der Waals surface area (Å²) in [5.41, 5.74) is 3.78. The summed E-state index contributed by atoms with van der Waals surface area (Å²) < 4.78 is 7.45. The van der Waals surface area contributed by atoms with Gasteiger partial charge in [0.1, 0.15) is 11.4 Å². The number of amides is 1. The van der Waals surface area contributed by atoms with E-state index in [-0.39, 0.29) is 12.5 Å². The van der Waals surface area contributed by atoms with Gasteiger partial charge in [-0.25, -0.2) is 4.98 Å². The Hall–Kier alpha value is -2.82. The fraction of sp³-hybridized carbons (Fsp3) is 0.222. The third kappa shape index (κ3) is 3.34. The van der Waals surface area contributed by atoms with Crippen LogP contribution in [-0.4, -0.2) is 21.9 Å². The monoisotopic (exact) mass is 309 g/mol. The largest absolute Gasteiger partial charge is 0.484 e. The Morgan fingerprint density at radius 3 is 2.74 bits per heavy atom. The first kappa shape index (κ1) is 15.1. The highest BCUT2D eigenvalue weighted by Crippen LogP contribution is 2.17. The first-order valence-electron chi connectivity index (χ1n) is 7.61. The Bertz CT molecular complexity index is 822. The minimum Gasteiger partial charge on any atom is -0.484 e. The molecule has 0 unspecified atom stereocenters. The number of carbonyl (C=O) groups excluding carboxylic acids is 1. The third-order valence-electron chi connectivity index (χ3n) is 3.80. The van der Waals surface area contributed by atoms with E-state index in [2.05, 4.69) is 17.2 Å². The topological polar surface area (TPSA) is 55.6 Å². The number of benzene rings is 1. The van der Waals surface area contributed by atoms with Crippen molar-refractivity contribution in [2.24, 2.45) is 0 Å². The predicted molar refractivity (Wildman–Crippen MR) is 89.9 cm³/mol. The van der Waals surface area contributed by atoms with Crippen molar-refractivity contribution < 1.29 is 9.53 Å². The van der Waals surface area contributed by atoms with Gasteiger partial charge >= 0.3 is 0 Å². The Labute approximate surface area is 134 Å². The number of hydrogen-bond acceptors (Lipinski definition) is 3. The van der Waals surface area contributed by atoms with E-state index < -0.39 is 0 Å². The number of fused-ring (bicyclic) bond motifs is 1. The standard InChI is InChI=1S/C18H19N3O2/c1-3-14-4-6-15(7-5-14)23-12-18(22)20-16-8-9-17-19-10-11-21(17)13(16)2/h4-11H,3,12H2,1-2H3,(H,20,22). The highest BCUT2D eigenvalue weighted by atomic mass is 16.5. The fourth-order valence-electron chi connectivity index (χ4n) is 2.42. The minimum absolute atomic E-state index is 0.0210. The number of anilines is 1. The molecule has 0 saturated carbocycles. The molecule has 118 valence electrons. The van der Waals surface area contributed by atoms with Crippen LogP contribution in [0.3, 0.4) is 0 Å². The molecular weight excluding hydrogens is 290 g/mol. The summed E-state index contributed by atoms with van der Waals surface area (Å²) in [6.45, 7) is 4.02. The summed E-state index contributed by atoms with van der Waals surface area (Å²) in [5, 5.41) is 2.87. The van der Waals surface area contributed by atoms with E-state index >= 15 is 0 Å². The van der Waals surface area contributed by atoms with Crippen LogP contribution in [0.1, 0.15) is 18.2 Å². The molecule has 0 atom stereocenters. The lowest BCUT2D eigenvalue weighted by Gasteiger charge is -2.11. The second-order valence-electron chi connectivity index (χ2n) is 5.32. The van der Waals surface area contributed by atoms with Gasteiger partial charge in [-0.3, -0.25) is 4.79 Å². The number of nitrogens with zero attached hydrogens (tertiary/aromatic N) is 2.